The minimum absolute atomic E-state index is 0.0436. The molecule has 7 heteroatoms. The van der Waals surface area contributed by atoms with Gasteiger partial charge in [0.1, 0.15) is 17.4 Å². The van der Waals surface area contributed by atoms with Crippen molar-refractivity contribution in [2.45, 2.75) is 40.8 Å². The Morgan fingerprint density at radius 2 is 1.94 bits per heavy atom. The number of hydrogen-bond acceptors (Lipinski definition) is 6. The van der Waals surface area contributed by atoms with Crippen LogP contribution < -0.4 is 14.2 Å². The second kappa shape index (κ2) is 9.61. The molecule has 0 spiro atoms. The van der Waals surface area contributed by atoms with Crippen molar-refractivity contribution in [3.05, 3.63) is 69.2 Å². The SMILES string of the molecule is Cc1ccc(OCc2nc(CN(CC(C)C)C(=O)c3ccc4c(c3)OCO4)cs2)cc1C. The van der Waals surface area contributed by atoms with Gasteiger partial charge < -0.3 is 19.1 Å². The molecule has 1 amide bonds. The highest BCUT2D eigenvalue weighted by Gasteiger charge is 2.22. The first-order valence-corrected chi connectivity index (χ1v) is 11.6. The fourth-order valence-electron chi connectivity index (χ4n) is 3.50. The number of aryl methyl sites for hydroxylation is 2. The van der Waals surface area contributed by atoms with Crippen LogP contribution in [0.3, 0.4) is 0 Å². The molecule has 0 atom stereocenters. The Kier molecular flexibility index (Phi) is 6.65. The Balaban J connectivity index is 1.43. The third kappa shape index (κ3) is 5.22. The fraction of sp³-hybridized carbons (Fsp3) is 0.360. The lowest BCUT2D eigenvalue weighted by Gasteiger charge is -2.24. The summed E-state index contributed by atoms with van der Waals surface area (Å²) in [6.07, 6.45) is 0. The standard InChI is InChI=1S/C25H28N2O4S/c1-16(2)11-27(25(28)19-6-8-22-23(10-19)31-15-30-22)12-20-14-32-24(26-20)13-29-21-7-5-17(3)18(4)9-21/h5-10,14,16H,11-13,15H2,1-4H3. The van der Waals surface area contributed by atoms with E-state index in [1.807, 2.05) is 22.4 Å². The largest absolute Gasteiger partial charge is 0.486 e. The Morgan fingerprint density at radius 3 is 2.72 bits per heavy atom. The Labute approximate surface area is 192 Å². The van der Waals surface area contributed by atoms with Crippen LogP contribution in [0, 0.1) is 19.8 Å². The van der Waals surface area contributed by atoms with Crippen molar-refractivity contribution in [2.75, 3.05) is 13.3 Å². The van der Waals surface area contributed by atoms with E-state index >= 15 is 0 Å². The average Bonchev–Trinajstić information content (AvgIpc) is 3.42. The number of nitrogens with zero attached hydrogens (tertiary/aromatic N) is 2. The lowest BCUT2D eigenvalue weighted by atomic mass is 10.1. The number of benzene rings is 2. The molecule has 2 heterocycles. The number of carbonyl (C=O) groups is 1. The Bertz CT molecular complexity index is 1110. The summed E-state index contributed by atoms with van der Waals surface area (Å²) < 4.78 is 16.7. The van der Waals surface area contributed by atoms with Gasteiger partial charge in [-0.1, -0.05) is 19.9 Å². The van der Waals surface area contributed by atoms with Crippen LogP contribution >= 0.6 is 11.3 Å². The van der Waals surface area contributed by atoms with Crippen molar-refractivity contribution in [1.29, 1.82) is 0 Å². The highest BCUT2D eigenvalue weighted by molar-refractivity contribution is 7.09. The van der Waals surface area contributed by atoms with E-state index in [0.29, 0.717) is 42.7 Å². The van der Waals surface area contributed by atoms with Gasteiger partial charge in [-0.25, -0.2) is 4.98 Å². The maximum atomic E-state index is 13.2. The number of carbonyl (C=O) groups excluding carboxylic acids is 1. The van der Waals surface area contributed by atoms with Crippen LogP contribution in [0.5, 0.6) is 17.2 Å². The molecule has 32 heavy (non-hydrogen) atoms. The van der Waals surface area contributed by atoms with E-state index in [0.717, 1.165) is 16.5 Å². The second-order valence-corrected chi connectivity index (χ2v) is 9.36. The van der Waals surface area contributed by atoms with Crippen LogP contribution in [-0.2, 0) is 13.2 Å². The minimum Gasteiger partial charge on any atom is -0.486 e. The first-order chi connectivity index (χ1) is 15.4. The van der Waals surface area contributed by atoms with Gasteiger partial charge >= 0.3 is 0 Å². The van der Waals surface area contributed by atoms with Crippen LogP contribution in [0.4, 0.5) is 0 Å². The maximum Gasteiger partial charge on any atom is 0.254 e. The molecule has 0 saturated carbocycles. The van der Waals surface area contributed by atoms with E-state index in [2.05, 4.69) is 33.8 Å². The van der Waals surface area contributed by atoms with Crippen LogP contribution in [0.25, 0.3) is 0 Å². The van der Waals surface area contributed by atoms with Crippen molar-refractivity contribution in [2.24, 2.45) is 5.92 Å². The molecule has 0 N–H and O–H groups in total. The Hall–Kier alpha value is -3.06. The van der Waals surface area contributed by atoms with Gasteiger partial charge in [-0.2, -0.15) is 0 Å². The average molecular weight is 453 g/mol. The van der Waals surface area contributed by atoms with Crippen LogP contribution in [0.1, 0.15) is 46.0 Å². The van der Waals surface area contributed by atoms with Crippen LogP contribution in [0.2, 0.25) is 0 Å². The third-order valence-corrected chi connectivity index (χ3v) is 6.16. The smallest absolute Gasteiger partial charge is 0.254 e. The van der Waals surface area contributed by atoms with E-state index in [9.17, 15) is 4.79 Å². The molecule has 3 aromatic rings. The normalized spacial score (nSPS) is 12.3. The number of ether oxygens (including phenoxy) is 3. The first-order valence-electron chi connectivity index (χ1n) is 10.7. The topological polar surface area (TPSA) is 60.9 Å². The van der Waals surface area contributed by atoms with Crippen molar-refractivity contribution in [3.63, 3.8) is 0 Å². The summed E-state index contributed by atoms with van der Waals surface area (Å²) in [4.78, 5) is 19.8. The van der Waals surface area contributed by atoms with Gasteiger partial charge in [0, 0.05) is 17.5 Å². The van der Waals surface area contributed by atoms with E-state index in [1.165, 1.54) is 11.1 Å². The predicted molar refractivity (Wildman–Crippen MR) is 125 cm³/mol. The van der Waals surface area contributed by atoms with Crippen molar-refractivity contribution in [1.82, 2.24) is 9.88 Å². The van der Waals surface area contributed by atoms with E-state index in [4.69, 9.17) is 19.2 Å². The summed E-state index contributed by atoms with van der Waals surface area (Å²) in [6, 6.07) is 11.4. The molecule has 0 fully saturated rings. The molecule has 6 nitrogen and oxygen atoms in total. The predicted octanol–water partition coefficient (Wildman–Crippen LogP) is 5.37. The zero-order chi connectivity index (χ0) is 22.7. The first kappa shape index (κ1) is 22.1. The number of hydrogen-bond donors (Lipinski definition) is 0. The lowest BCUT2D eigenvalue weighted by molar-refractivity contribution is 0.0720. The van der Waals surface area contributed by atoms with Gasteiger partial charge in [0.25, 0.3) is 5.91 Å². The lowest BCUT2D eigenvalue weighted by Crippen LogP contribution is -2.33. The zero-order valence-corrected chi connectivity index (χ0v) is 19.7. The fourth-order valence-corrected chi connectivity index (χ4v) is 4.20. The van der Waals surface area contributed by atoms with Crippen LogP contribution in [0.15, 0.2) is 41.8 Å². The zero-order valence-electron chi connectivity index (χ0n) is 18.9. The van der Waals surface area contributed by atoms with Crippen LogP contribution in [-0.4, -0.2) is 29.1 Å². The minimum atomic E-state index is -0.0436. The number of thiazole rings is 1. The summed E-state index contributed by atoms with van der Waals surface area (Å²) in [5.41, 5.74) is 3.90. The highest BCUT2D eigenvalue weighted by Crippen LogP contribution is 2.33. The van der Waals surface area contributed by atoms with Gasteiger partial charge in [0.05, 0.1) is 12.2 Å². The molecular weight excluding hydrogens is 424 g/mol. The molecule has 0 bridgehead atoms. The molecule has 1 aliphatic rings. The number of fused-ring (bicyclic) bond motifs is 1. The van der Waals surface area contributed by atoms with E-state index in [-0.39, 0.29) is 12.7 Å². The van der Waals surface area contributed by atoms with Gasteiger partial charge in [-0.05, 0) is 61.2 Å². The quantitative estimate of drug-likeness (QED) is 0.460. The molecule has 2 aromatic carbocycles. The molecule has 1 aromatic heterocycles. The number of amides is 1. The number of rotatable bonds is 8. The maximum absolute atomic E-state index is 13.2. The summed E-state index contributed by atoms with van der Waals surface area (Å²) >= 11 is 1.55. The highest BCUT2D eigenvalue weighted by atomic mass is 32.1. The monoisotopic (exact) mass is 452 g/mol. The number of aromatic nitrogens is 1. The van der Waals surface area contributed by atoms with Gasteiger partial charge in [-0.15, -0.1) is 11.3 Å². The summed E-state index contributed by atoms with van der Waals surface area (Å²) in [5, 5.41) is 2.89. The molecule has 1 aliphatic heterocycles. The van der Waals surface area contributed by atoms with Crippen molar-refractivity contribution < 1.29 is 19.0 Å². The van der Waals surface area contributed by atoms with E-state index < -0.39 is 0 Å². The van der Waals surface area contributed by atoms with E-state index in [1.54, 1.807) is 29.5 Å². The Morgan fingerprint density at radius 1 is 1.12 bits per heavy atom. The van der Waals surface area contributed by atoms with Gasteiger partial charge in [0.2, 0.25) is 6.79 Å². The molecule has 0 radical (unpaired) electrons. The third-order valence-electron chi connectivity index (χ3n) is 5.29. The summed E-state index contributed by atoms with van der Waals surface area (Å²) in [6.45, 7) is 10.0. The molecule has 0 unspecified atom stereocenters. The molecular formula is C25H28N2O4S. The summed E-state index contributed by atoms with van der Waals surface area (Å²) in [7, 11) is 0. The van der Waals surface area contributed by atoms with Gasteiger partial charge in [-0.3, -0.25) is 4.79 Å². The molecule has 4 rings (SSSR count). The molecule has 0 saturated heterocycles. The molecule has 0 aliphatic carbocycles. The van der Waals surface area contributed by atoms with Crippen molar-refractivity contribution in [3.8, 4) is 17.2 Å². The second-order valence-electron chi connectivity index (χ2n) is 8.41. The van der Waals surface area contributed by atoms with Crippen molar-refractivity contribution >= 4 is 17.2 Å². The van der Waals surface area contributed by atoms with Gasteiger partial charge in [0.15, 0.2) is 11.5 Å². The summed E-state index contributed by atoms with van der Waals surface area (Å²) in [5.74, 6) is 2.41. The molecule has 168 valence electrons.